The highest BCUT2D eigenvalue weighted by Gasteiger charge is 2.26. The van der Waals surface area contributed by atoms with Crippen LogP contribution in [-0.2, 0) is 38.5 Å². The molecular formula is C60H58O12. The van der Waals surface area contributed by atoms with E-state index in [2.05, 4.69) is 73.4 Å². The average molecular weight is 971 g/mol. The van der Waals surface area contributed by atoms with Crippen LogP contribution in [0.25, 0.3) is 0 Å². The summed E-state index contributed by atoms with van der Waals surface area (Å²) in [4.78, 5) is 0. The van der Waals surface area contributed by atoms with Gasteiger partial charge >= 0.3 is 0 Å². The van der Waals surface area contributed by atoms with E-state index in [4.69, 9.17) is 69.7 Å². The molecule has 370 valence electrons. The summed E-state index contributed by atoms with van der Waals surface area (Å²) in [6.45, 7) is 3.95. The first-order valence-electron chi connectivity index (χ1n) is 24.4. The van der Waals surface area contributed by atoms with Crippen molar-refractivity contribution in [2.75, 3.05) is 80.8 Å². The van der Waals surface area contributed by atoms with E-state index in [1.165, 1.54) is 0 Å². The molecule has 12 nitrogen and oxygen atoms in total. The third kappa shape index (κ3) is 10.1. The Balaban J connectivity index is 1.21. The van der Waals surface area contributed by atoms with Gasteiger partial charge in [0, 0.05) is 0 Å². The summed E-state index contributed by atoms with van der Waals surface area (Å²) in [6.07, 6.45) is 15.7. The number of terminal acetylenes is 2. The Bertz CT molecular complexity index is 3060. The predicted molar refractivity (Wildman–Crippen MR) is 273 cm³/mol. The Morgan fingerprint density at radius 2 is 0.569 bits per heavy atom. The summed E-state index contributed by atoms with van der Waals surface area (Å²) in [6, 6.07) is 24.8. The van der Waals surface area contributed by atoms with E-state index in [0.717, 1.165) is 73.2 Å². The molecule has 72 heavy (non-hydrogen) atoms. The second-order valence-corrected chi connectivity index (χ2v) is 18.0. The van der Waals surface area contributed by atoms with Gasteiger partial charge in [-0.25, -0.2) is 0 Å². The van der Waals surface area contributed by atoms with Gasteiger partial charge < -0.3 is 56.8 Å². The van der Waals surface area contributed by atoms with Gasteiger partial charge in [-0.3, -0.25) is 0 Å². The molecule has 6 aromatic rings. The van der Waals surface area contributed by atoms with Crippen LogP contribution in [0.15, 0.2) is 72.8 Å². The molecule has 12 heteroatoms. The second kappa shape index (κ2) is 21.6. The molecule has 0 unspecified atom stereocenters. The van der Waals surface area contributed by atoms with Crippen molar-refractivity contribution < 1.29 is 56.8 Å². The van der Waals surface area contributed by atoms with Crippen molar-refractivity contribution in [2.24, 2.45) is 0 Å². The van der Waals surface area contributed by atoms with E-state index in [1.54, 1.807) is 21.3 Å². The zero-order valence-electron chi connectivity index (χ0n) is 41.3. The van der Waals surface area contributed by atoms with Crippen LogP contribution in [-0.4, -0.2) is 80.8 Å². The predicted octanol–water partition coefficient (Wildman–Crippen LogP) is 9.70. The quantitative estimate of drug-likeness (QED) is 0.122. The molecule has 18 bridgehead atoms. The van der Waals surface area contributed by atoms with Crippen molar-refractivity contribution in [1.82, 2.24) is 0 Å². The number of benzene rings is 6. The molecule has 0 aromatic heterocycles. The molecule has 0 atom stereocenters. The van der Waals surface area contributed by atoms with Crippen LogP contribution in [0.5, 0.6) is 69.0 Å². The van der Waals surface area contributed by atoms with Gasteiger partial charge in [-0.2, -0.15) is 0 Å². The van der Waals surface area contributed by atoms with Crippen LogP contribution in [0.2, 0.25) is 0 Å². The van der Waals surface area contributed by atoms with Crippen molar-refractivity contribution in [3.8, 4) is 93.7 Å². The van der Waals surface area contributed by atoms with Gasteiger partial charge in [0.2, 0.25) is 0 Å². The van der Waals surface area contributed by atoms with E-state index in [-0.39, 0.29) is 52.9 Å². The van der Waals surface area contributed by atoms with Crippen LogP contribution >= 0.6 is 0 Å². The zero-order valence-corrected chi connectivity index (χ0v) is 41.3. The molecule has 0 N–H and O–H groups in total. The highest BCUT2D eigenvalue weighted by atomic mass is 16.6. The first kappa shape index (κ1) is 47.7. The maximum atomic E-state index is 6.66. The number of ether oxygens (including phenoxy) is 12. The van der Waals surface area contributed by atoms with E-state index >= 15 is 0 Å². The summed E-state index contributed by atoms with van der Waals surface area (Å²) in [5.74, 6) is 12.3. The zero-order chi connectivity index (χ0) is 49.6. The SMILES string of the molecule is C#CCOc1cc2c3cc1OCCOc1cc4c(cc1OC)Cc1cc5c(OC)cc1Cc1cc(c(OC)cc1C4)OCCOc1cc(c(cc1OCC#C)Cc1cc(c(OCCC)cc1C3)OCCO5)C2. The summed E-state index contributed by atoms with van der Waals surface area (Å²) in [5.41, 5.74) is 12.6. The highest BCUT2D eigenvalue weighted by Crippen LogP contribution is 2.44. The lowest BCUT2D eigenvalue weighted by molar-refractivity contribution is 0.202. The topological polar surface area (TPSA) is 111 Å². The lowest BCUT2D eigenvalue weighted by Gasteiger charge is -2.20. The van der Waals surface area contributed by atoms with E-state index < -0.39 is 0 Å². The first-order valence-corrected chi connectivity index (χ1v) is 24.4. The normalized spacial score (nSPS) is 14.3. The fourth-order valence-electron chi connectivity index (χ4n) is 9.93. The van der Waals surface area contributed by atoms with Crippen molar-refractivity contribution in [2.45, 2.75) is 51.9 Å². The second-order valence-electron chi connectivity index (χ2n) is 18.0. The molecule has 12 heterocycles. The molecule has 0 saturated heterocycles. The highest BCUT2D eigenvalue weighted by molar-refractivity contribution is 5.60. The lowest BCUT2D eigenvalue weighted by atomic mass is 9.94. The third-order valence-electron chi connectivity index (χ3n) is 13.4. The number of hydrogen-bond donors (Lipinski definition) is 0. The van der Waals surface area contributed by atoms with Crippen molar-refractivity contribution >= 4 is 0 Å². The standard InChI is InChI=1S/C60H58O12/c1-7-10-64-55-31-43-22-47-35-59-57(66-12-9-3)33-45(47)24-48-36-60-56(65-11-8-2)32-44(48)23-46(43)34-58(55)70-16-13-67-52-28-40-19-38-26-50(62-5)53(68-14-17-71-59)30-42(38)21-39-27-51(63-6)54(69-15-18-72-60)29-41(39)20-37(40)25-49(52)61-4/h1-2,25-36H,9-24H2,3-6H3. The van der Waals surface area contributed by atoms with Crippen LogP contribution in [0, 0.1) is 24.7 Å². The van der Waals surface area contributed by atoms with E-state index in [9.17, 15) is 0 Å². The number of methoxy groups -OCH3 is 3. The summed E-state index contributed by atoms with van der Waals surface area (Å²) in [5, 5.41) is 0. The van der Waals surface area contributed by atoms with Crippen LogP contribution in [0.4, 0.5) is 0 Å². The molecule has 0 amide bonds. The molecule has 6 aromatic carbocycles. The minimum atomic E-state index is 0.0503. The van der Waals surface area contributed by atoms with Crippen molar-refractivity contribution in [3.63, 3.8) is 0 Å². The number of rotatable bonds is 10. The Morgan fingerprint density at radius 1 is 0.347 bits per heavy atom. The Morgan fingerprint density at radius 3 is 0.806 bits per heavy atom. The molecule has 14 aliphatic rings. The van der Waals surface area contributed by atoms with Gasteiger partial charge in [-0.15, -0.1) is 12.8 Å². The Labute approximate surface area is 421 Å². The van der Waals surface area contributed by atoms with Crippen LogP contribution in [0.3, 0.4) is 0 Å². The fraction of sp³-hybridized carbons (Fsp3) is 0.333. The van der Waals surface area contributed by atoms with E-state index in [0.29, 0.717) is 114 Å². The Hall–Kier alpha value is -7.96. The molecule has 2 aliphatic carbocycles. The smallest absolute Gasteiger partial charge is 0.162 e. The fourth-order valence-corrected chi connectivity index (χ4v) is 9.93. The largest absolute Gasteiger partial charge is 0.493 e. The molecule has 0 fully saturated rings. The molecule has 12 aliphatic heterocycles. The minimum Gasteiger partial charge on any atom is -0.493 e. The first-order chi connectivity index (χ1) is 35.3. The average Bonchev–Trinajstić information content (AvgIpc) is 3.48. The van der Waals surface area contributed by atoms with Gasteiger partial charge in [0.1, 0.15) is 52.9 Å². The van der Waals surface area contributed by atoms with E-state index in [1.807, 2.05) is 18.2 Å². The monoisotopic (exact) mass is 970 g/mol. The van der Waals surface area contributed by atoms with Gasteiger partial charge in [-0.1, -0.05) is 18.8 Å². The maximum Gasteiger partial charge on any atom is 0.162 e. The van der Waals surface area contributed by atoms with Gasteiger partial charge in [-0.05, 0) is 185 Å². The van der Waals surface area contributed by atoms with Crippen molar-refractivity contribution in [1.29, 1.82) is 0 Å². The van der Waals surface area contributed by atoms with Gasteiger partial charge in [0.15, 0.2) is 69.0 Å². The third-order valence-corrected chi connectivity index (χ3v) is 13.4. The lowest BCUT2D eigenvalue weighted by Crippen LogP contribution is -2.13. The molecular weight excluding hydrogens is 913 g/mol. The summed E-state index contributed by atoms with van der Waals surface area (Å²) < 4.78 is 76.7. The number of hydrogen-bond acceptors (Lipinski definition) is 12. The summed E-state index contributed by atoms with van der Waals surface area (Å²) >= 11 is 0. The van der Waals surface area contributed by atoms with Gasteiger partial charge in [0.05, 0.1) is 27.9 Å². The maximum absolute atomic E-state index is 6.66. The molecule has 20 rings (SSSR count). The summed E-state index contributed by atoms with van der Waals surface area (Å²) in [7, 11) is 4.98. The Kier molecular flexibility index (Phi) is 14.3. The minimum absolute atomic E-state index is 0.0503. The van der Waals surface area contributed by atoms with Crippen LogP contribution < -0.4 is 56.8 Å². The molecule has 0 saturated carbocycles. The molecule has 0 radical (unpaired) electrons. The van der Waals surface area contributed by atoms with Crippen molar-refractivity contribution in [3.05, 3.63) is 140 Å². The van der Waals surface area contributed by atoms with Gasteiger partial charge in [0.25, 0.3) is 0 Å². The van der Waals surface area contributed by atoms with Crippen LogP contribution in [0.1, 0.15) is 80.1 Å². The molecule has 0 spiro atoms.